The van der Waals surface area contributed by atoms with E-state index >= 15 is 0 Å². The molecule has 0 saturated heterocycles. The Kier molecular flexibility index (Phi) is 6.09. The van der Waals surface area contributed by atoms with Crippen molar-refractivity contribution in [1.82, 2.24) is 0 Å². The van der Waals surface area contributed by atoms with Crippen molar-refractivity contribution in [2.45, 2.75) is 19.3 Å². The van der Waals surface area contributed by atoms with Crippen LogP contribution in [0.25, 0.3) is 0 Å². The molecule has 0 atom stereocenters. The van der Waals surface area contributed by atoms with Crippen molar-refractivity contribution in [3.8, 4) is 0 Å². The average Bonchev–Trinajstić information content (AvgIpc) is 2.70. The van der Waals surface area contributed by atoms with Crippen LogP contribution >= 0.6 is 6.89 Å². The molecular weight excluding hydrogens is 319 g/mol. The molecule has 126 valence electrons. The van der Waals surface area contributed by atoms with Crippen molar-refractivity contribution in [2.75, 3.05) is 0 Å². The Labute approximate surface area is 151 Å². The van der Waals surface area contributed by atoms with Crippen LogP contribution in [0.1, 0.15) is 19.3 Å². The van der Waals surface area contributed by atoms with Crippen LogP contribution in [0.3, 0.4) is 0 Å². The maximum atomic E-state index is 3.86. The normalized spacial score (nSPS) is 11.0. The molecule has 0 saturated carbocycles. The molecule has 0 fully saturated rings. The molecule has 1 heteroatoms. The van der Waals surface area contributed by atoms with Gasteiger partial charge < -0.3 is 0 Å². The van der Waals surface area contributed by atoms with E-state index in [1.54, 1.807) is 0 Å². The number of unbranched alkanes of at least 4 members (excludes halogenated alkanes) is 2. The predicted molar refractivity (Wildman–Crippen MR) is 115 cm³/mol. The molecule has 25 heavy (non-hydrogen) atoms. The van der Waals surface area contributed by atoms with E-state index in [0.29, 0.717) is 0 Å². The highest BCUT2D eigenvalue weighted by molar-refractivity contribution is 7.94. The fraction of sp³-hybridized carbons (Fsp3) is 0.125. The summed E-state index contributed by atoms with van der Waals surface area (Å²) in [5.41, 5.74) is 0. The van der Waals surface area contributed by atoms with Gasteiger partial charge in [-0.2, -0.15) is 0 Å². The van der Waals surface area contributed by atoms with Gasteiger partial charge in [0.05, 0.1) is 0 Å². The van der Waals surface area contributed by atoms with E-state index in [9.17, 15) is 0 Å². The third kappa shape index (κ3) is 3.86. The van der Waals surface area contributed by atoms with Crippen molar-refractivity contribution >= 4 is 28.6 Å². The predicted octanol–water partition coefficient (Wildman–Crippen LogP) is 5.14. The molecule has 0 aliphatic carbocycles. The highest BCUT2D eigenvalue weighted by atomic mass is 31.2. The quantitative estimate of drug-likeness (QED) is 0.316. The lowest BCUT2D eigenvalue weighted by atomic mass is 10.2. The zero-order chi connectivity index (χ0) is 17.4. The van der Waals surface area contributed by atoms with Gasteiger partial charge >= 0.3 is 0 Å². The highest BCUT2D eigenvalue weighted by Gasteiger charge is 2.23. The van der Waals surface area contributed by atoms with Crippen LogP contribution in [0.2, 0.25) is 0 Å². The molecule has 0 N–H and O–H groups in total. The molecule has 3 aromatic rings. The summed E-state index contributed by atoms with van der Waals surface area (Å²) in [6, 6.07) is 33.0. The van der Waals surface area contributed by atoms with E-state index < -0.39 is 6.89 Å². The first-order valence-electron chi connectivity index (χ1n) is 8.89. The second-order valence-corrected chi connectivity index (χ2v) is 9.49. The van der Waals surface area contributed by atoms with Crippen molar-refractivity contribution in [2.24, 2.45) is 0 Å². The summed E-state index contributed by atoms with van der Waals surface area (Å²) >= 11 is 0. The minimum atomic E-state index is -1.75. The average molecular weight is 344 g/mol. The maximum Gasteiger partial charge on any atom is -0.0163 e. The van der Waals surface area contributed by atoms with E-state index in [4.69, 9.17) is 0 Å². The lowest BCUT2D eigenvalue weighted by molar-refractivity contribution is 0.910. The van der Waals surface area contributed by atoms with Crippen LogP contribution in [0.4, 0.5) is 0 Å². The number of allylic oxidation sites excluding steroid dienone is 1. The van der Waals surface area contributed by atoms with Gasteiger partial charge in [0.25, 0.3) is 0 Å². The fourth-order valence-electron chi connectivity index (χ4n) is 3.30. The maximum absolute atomic E-state index is 3.86. The smallest absolute Gasteiger partial charge is 0.0163 e. The molecule has 0 unspecified atom stereocenters. The fourth-order valence-corrected chi connectivity index (χ4v) is 7.32. The van der Waals surface area contributed by atoms with Gasteiger partial charge in [0.2, 0.25) is 0 Å². The molecule has 0 amide bonds. The van der Waals surface area contributed by atoms with E-state index in [-0.39, 0.29) is 0 Å². The van der Waals surface area contributed by atoms with Gasteiger partial charge in [0, 0.05) is 0 Å². The van der Waals surface area contributed by atoms with E-state index in [1.807, 2.05) is 6.08 Å². The van der Waals surface area contributed by atoms with E-state index in [0.717, 1.165) is 19.3 Å². The molecule has 3 aromatic carbocycles. The van der Waals surface area contributed by atoms with Crippen molar-refractivity contribution in [1.29, 1.82) is 0 Å². The SMILES string of the molecule is C=CCCCC=P(c1ccccc1)(c1ccccc1)c1ccccc1. The van der Waals surface area contributed by atoms with Gasteiger partial charge in [-0.1, -0.05) is 103 Å². The first-order valence-corrected chi connectivity index (χ1v) is 10.7. The summed E-state index contributed by atoms with van der Waals surface area (Å²) in [4.78, 5) is 0. The molecular formula is C24H25P. The second kappa shape index (κ2) is 8.70. The minimum absolute atomic E-state index is 1.06. The van der Waals surface area contributed by atoms with Crippen LogP contribution < -0.4 is 15.9 Å². The summed E-state index contributed by atoms with van der Waals surface area (Å²) in [5.74, 6) is 2.59. The van der Waals surface area contributed by atoms with Gasteiger partial charge in [-0.15, -0.1) is 6.58 Å². The minimum Gasteiger partial charge on any atom is -0.103 e. The standard InChI is InChI=1S/C24H25P/c1-2-3-4-14-21-25(22-15-8-5-9-16-22,23-17-10-6-11-18-23)24-19-12-7-13-20-24/h2,5-13,15-21H,1,3-4,14H2. The number of rotatable bonds is 7. The molecule has 0 aliphatic rings. The Morgan fingerprint density at radius 1 is 0.600 bits per heavy atom. The number of hydrogen-bond donors (Lipinski definition) is 0. The van der Waals surface area contributed by atoms with Gasteiger partial charge in [0.1, 0.15) is 0 Å². The first kappa shape index (κ1) is 17.5. The van der Waals surface area contributed by atoms with Gasteiger partial charge in [-0.3, -0.25) is 0 Å². The highest BCUT2D eigenvalue weighted by Crippen LogP contribution is 2.44. The third-order valence-corrected chi connectivity index (χ3v) is 8.65. The van der Waals surface area contributed by atoms with Crippen molar-refractivity contribution < 1.29 is 0 Å². The van der Waals surface area contributed by atoms with Crippen molar-refractivity contribution in [3.05, 3.63) is 104 Å². The molecule has 3 rings (SSSR count). The molecule has 0 radical (unpaired) electrons. The third-order valence-electron chi connectivity index (χ3n) is 4.51. The van der Waals surface area contributed by atoms with E-state index in [1.165, 1.54) is 15.9 Å². The summed E-state index contributed by atoms with van der Waals surface area (Å²) in [5, 5.41) is 4.27. The van der Waals surface area contributed by atoms with E-state index in [2.05, 4.69) is 103 Å². The Bertz CT molecular complexity index is 730. The van der Waals surface area contributed by atoms with Gasteiger partial charge in [0.15, 0.2) is 0 Å². The van der Waals surface area contributed by atoms with Gasteiger partial charge in [-0.25, -0.2) is 0 Å². The molecule has 0 spiro atoms. The van der Waals surface area contributed by atoms with Gasteiger partial charge in [-0.05, 0) is 42.1 Å². The number of benzene rings is 3. The lowest BCUT2D eigenvalue weighted by Crippen LogP contribution is -2.26. The monoisotopic (exact) mass is 344 g/mol. The van der Waals surface area contributed by atoms with Crippen LogP contribution in [0.15, 0.2) is 104 Å². The van der Waals surface area contributed by atoms with Crippen molar-refractivity contribution in [3.63, 3.8) is 0 Å². The molecule has 0 bridgehead atoms. The second-order valence-electron chi connectivity index (χ2n) is 6.13. The van der Waals surface area contributed by atoms with Crippen LogP contribution in [-0.2, 0) is 0 Å². The number of hydrogen-bond acceptors (Lipinski definition) is 0. The Balaban J connectivity index is 2.26. The first-order chi connectivity index (χ1) is 12.4. The molecule has 0 aliphatic heterocycles. The Hall–Kier alpha value is -2.30. The van der Waals surface area contributed by atoms with Crippen LogP contribution in [-0.4, -0.2) is 5.80 Å². The topological polar surface area (TPSA) is 0 Å². The zero-order valence-corrected chi connectivity index (χ0v) is 15.5. The lowest BCUT2D eigenvalue weighted by Gasteiger charge is -2.29. The summed E-state index contributed by atoms with van der Waals surface area (Å²) < 4.78 is 0. The Morgan fingerprint density at radius 2 is 1.00 bits per heavy atom. The van der Waals surface area contributed by atoms with Crippen LogP contribution in [0.5, 0.6) is 0 Å². The molecule has 0 nitrogen and oxygen atoms in total. The molecule has 0 aromatic heterocycles. The summed E-state index contributed by atoms with van der Waals surface area (Å²) in [7, 11) is 0. The largest absolute Gasteiger partial charge is 0.103 e. The van der Waals surface area contributed by atoms with Crippen LogP contribution in [0, 0.1) is 0 Å². The Morgan fingerprint density at radius 3 is 1.36 bits per heavy atom. The molecule has 0 heterocycles. The summed E-state index contributed by atoms with van der Waals surface area (Å²) in [6.07, 6.45) is 5.33. The summed E-state index contributed by atoms with van der Waals surface area (Å²) in [6.45, 7) is 2.11. The zero-order valence-electron chi connectivity index (χ0n) is 14.6.